The van der Waals surface area contributed by atoms with Crippen molar-refractivity contribution in [2.75, 3.05) is 5.32 Å². The Morgan fingerprint density at radius 3 is 2.58 bits per heavy atom. The van der Waals surface area contributed by atoms with E-state index in [0.29, 0.717) is 21.6 Å². The first-order chi connectivity index (χ1) is 12.1. The van der Waals surface area contributed by atoms with Crippen molar-refractivity contribution in [3.8, 4) is 0 Å². The third kappa shape index (κ3) is 3.78. The second kappa shape index (κ2) is 6.70. The summed E-state index contributed by atoms with van der Waals surface area (Å²) in [5.74, 6) is 0.497. The molecule has 7 nitrogen and oxygen atoms in total. The maximum Gasteiger partial charge on any atom is 0.246 e. The number of sulfonamides is 1. The van der Waals surface area contributed by atoms with Gasteiger partial charge in [-0.15, -0.1) is 0 Å². The molecule has 0 aliphatic rings. The van der Waals surface area contributed by atoms with Gasteiger partial charge in [0.15, 0.2) is 5.65 Å². The van der Waals surface area contributed by atoms with E-state index >= 15 is 0 Å². The maximum absolute atomic E-state index is 12.6. The van der Waals surface area contributed by atoms with Gasteiger partial charge in [0.25, 0.3) is 0 Å². The quantitative estimate of drug-likeness (QED) is 0.677. The summed E-state index contributed by atoms with van der Waals surface area (Å²) >= 11 is 12.2. The Labute approximate surface area is 161 Å². The second-order valence-electron chi connectivity index (χ2n) is 6.66. The lowest BCUT2D eigenvalue weighted by Gasteiger charge is -2.19. The Morgan fingerprint density at radius 1 is 1.15 bits per heavy atom. The first-order valence-electron chi connectivity index (χ1n) is 7.66. The van der Waals surface area contributed by atoms with Crippen molar-refractivity contribution in [1.82, 2.24) is 19.3 Å². The van der Waals surface area contributed by atoms with E-state index in [9.17, 15) is 8.42 Å². The lowest BCUT2D eigenvalue weighted by atomic mass is 10.1. The molecule has 2 N–H and O–H groups in total. The summed E-state index contributed by atoms with van der Waals surface area (Å²) in [7, 11) is -3.78. The molecule has 2 heterocycles. The van der Waals surface area contributed by atoms with E-state index < -0.39 is 15.6 Å². The van der Waals surface area contributed by atoms with Crippen molar-refractivity contribution in [3.63, 3.8) is 0 Å². The molecule has 138 valence electrons. The van der Waals surface area contributed by atoms with Crippen LogP contribution in [0.5, 0.6) is 0 Å². The van der Waals surface area contributed by atoms with Gasteiger partial charge in [-0.2, -0.15) is 9.61 Å². The predicted octanol–water partition coefficient (Wildman–Crippen LogP) is 3.86. The van der Waals surface area contributed by atoms with E-state index in [0.717, 1.165) is 0 Å². The van der Waals surface area contributed by atoms with E-state index in [1.807, 2.05) is 0 Å². The molecule has 0 unspecified atom stereocenters. The van der Waals surface area contributed by atoms with Gasteiger partial charge >= 0.3 is 0 Å². The van der Waals surface area contributed by atoms with Crippen molar-refractivity contribution < 1.29 is 8.42 Å². The summed E-state index contributed by atoms with van der Waals surface area (Å²) in [5.41, 5.74) is 0.140. The molecule has 3 aromatic rings. The van der Waals surface area contributed by atoms with Gasteiger partial charge in [-0.05, 0) is 39.0 Å². The van der Waals surface area contributed by atoms with E-state index in [1.165, 1.54) is 16.9 Å². The first kappa shape index (κ1) is 18.9. The standard InChI is InChI=1S/C16H17Cl2N5O2S/c1-16(2,3)22-26(24,25)12-9-20-23-13(7-8-19-15(12)23)21-11-6-4-5-10(17)14(11)18/h4-9,21-22H,1-3H3. The summed E-state index contributed by atoms with van der Waals surface area (Å²) < 4.78 is 29.2. The topological polar surface area (TPSA) is 88.4 Å². The molecular weight excluding hydrogens is 397 g/mol. The molecule has 0 fully saturated rings. The van der Waals surface area contributed by atoms with Gasteiger partial charge in [0.05, 0.1) is 21.9 Å². The summed E-state index contributed by atoms with van der Waals surface area (Å²) in [5, 5.41) is 8.02. The van der Waals surface area contributed by atoms with E-state index in [4.69, 9.17) is 23.2 Å². The zero-order valence-electron chi connectivity index (χ0n) is 14.3. The van der Waals surface area contributed by atoms with Gasteiger partial charge in [0, 0.05) is 11.7 Å². The Balaban J connectivity index is 2.06. The van der Waals surface area contributed by atoms with Crippen LogP contribution < -0.4 is 10.0 Å². The SMILES string of the molecule is CC(C)(C)NS(=O)(=O)c1cnn2c(Nc3cccc(Cl)c3Cl)ccnc12. The number of nitrogens with zero attached hydrogens (tertiary/aromatic N) is 3. The smallest absolute Gasteiger partial charge is 0.246 e. The van der Waals surface area contributed by atoms with Crippen LogP contribution in [0, 0.1) is 0 Å². The highest BCUT2D eigenvalue weighted by Gasteiger charge is 2.26. The van der Waals surface area contributed by atoms with Crippen molar-refractivity contribution in [2.24, 2.45) is 0 Å². The minimum atomic E-state index is -3.78. The number of fused-ring (bicyclic) bond motifs is 1. The molecule has 0 saturated carbocycles. The van der Waals surface area contributed by atoms with E-state index in [1.54, 1.807) is 45.0 Å². The number of benzene rings is 1. The van der Waals surface area contributed by atoms with Crippen LogP contribution in [0.15, 0.2) is 41.6 Å². The van der Waals surface area contributed by atoms with Crippen LogP contribution in [-0.2, 0) is 10.0 Å². The molecule has 0 radical (unpaired) electrons. The zero-order valence-corrected chi connectivity index (χ0v) is 16.6. The monoisotopic (exact) mass is 413 g/mol. The average Bonchev–Trinajstić information content (AvgIpc) is 2.95. The van der Waals surface area contributed by atoms with E-state index in [2.05, 4.69) is 20.1 Å². The third-order valence-corrected chi connectivity index (χ3v) is 5.88. The molecule has 10 heteroatoms. The number of hydrogen-bond acceptors (Lipinski definition) is 5. The Hall–Kier alpha value is -1.87. The number of rotatable bonds is 4. The normalized spacial score (nSPS) is 12.5. The van der Waals surface area contributed by atoms with Crippen LogP contribution >= 0.6 is 23.2 Å². The van der Waals surface area contributed by atoms with Gasteiger partial charge in [0.1, 0.15) is 10.7 Å². The van der Waals surface area contributed by atoms with Gasteiger partial charge < -0.3 is 5.32 Å². The summed E-state index contributed by atoms with van der Waals surface area (Å²) in [4.78, 5) is 4.16. The number of anilines is 2. The van der Waals surface area contributed by atoms with Crippen LogP contribution in [-0.4, -0.2) is 28.6 Å². The molecule has 0 aliphatic carbocycles. The van der Waals surface area contributed by atoms with Gasteiger partial charge in [0.2, 0.25) is 10.0 Å². The molecule has 0 bridgehead atoms. The van der Waals surface area contributed by atoms with Gasteiger partial charge in [-0.25, -0.2) is 18.1 Å². The predicted molar refractivity (Wildman–Crippen MR) is 103 cm³/mol. The fraction of sp³-hybridized carbons (Fsp3) is 0.250. The minimum absolute atomic E-state index is 0.00624. The highest BCUT2D eigenvalue weighted by atomic mass is 35.5. The largest absolute Gasteiger partial charge is 0.339 e. The molecule has 26 heavy (non-hydrogen) atoms. The molecule has 0 spiro atoms. The van der Waals surface area contributed by atoms with Crippen LogP contribution in [0.25, 0.3) is 5.65 Å². The van der Waals surface area contributed by atoms with E-state index in [-0.39, 0.29) is 10.5 Å². The summed E-state index contributed by atoms with van der Waals surface area (Å²) in [6.45, 7) is 5.29. The van der Waals surface area contributed by atoms with Crippen LogP contribution in [0.2, 0.25) is 10.0 Å². The fourth-order valence-electron chi connectivity index (χ4n) is 2.35. The number of nitrogens with one attached hydrogen (secondary N) is 2. The highest BCUT2D eigenvalue weighted by molar-refractivity contribution is 7.89. The van der Waals surface area contributed by atoms with Crippen LogP contribution in [0.1, 0.15) is 20.8 Å². The summed E-state index contributed by atoms with van der Waals surface area (Å²) in [6.07, 6.45) is 2.76. The zero-order chi connectivity index (χ0) is 19.1. The fourth-order valence-corrected chi connectivity index (χ4v) is 4.18. The molecule has 0 aliphatic heterocycles. The molecular formula is C16H17Cl2N5O2S. The average molecular weight is 414 g/mol. The lowest BCUT2D eigenvalue weighted by molar-refractivity contribution is 0.492. The lowest BCUT2D eigenvalue weighted by Crippen LogP contribution is -2.40. The molecule has 1 aromatic carbocycles. The second-order valence-corrected chi connectivity index (χ2v) is 9.09. The summed E-state index contributed by atoms with van der Waals surface area (Å²) in [6, 6.07) is 6.84. The first-order valence-corrected chi connectivity index (χ1v) is 9.90. The van der Waals surface area contributed by atoms with Crippen molar-refractivity contribution >= 4 is 50.4 Å². The van der Waals surface area contributed by atoms with Crippen LogP contribution in [0.4, 0.5) is 11.5 Å². The van der Waals surface area contributed by atoms with Crippen molar-refractivity contribution in [3.05, 3.63) is 46.7 Å². The number of hydrogen-bond donors (Lipinski definition) is 2. The molecule has 0 amide bonds. The van der Waals surface area contributed by atoms with Gasteiger partial charge in [-0.3, -0.25) is 0 Å². The van der Waals surface area contributed by atoms with Gasteiger partial charge in [-0.1, -0.05) is 29.3 Å². The Morgan fingerprint density at radius 2 is 1.88 bits per heavy atom. The molecule has 0 saturated heterocycles. The van der Waals surface area contributed by atoms with Crippen molar-refractivity contribution in [2.45, 2.75) is 31.2 Å². The highest BCUT2D eigenvalue weighted by Crippen LogP contribution is 2.32. The van der Waals surface area contributed by atoms with Crippen LogP contribution in [0.3, 0.4) is 0 Å². The molecule has 3 rings (SSSR count). The molecule has 0 atom stereocenters. The minimum Gasteiger partial charge on any atom is -0.339 e. The Bertz CT molecular complexity index is 1070. The van der Waals surface area contributed by atoms with Crippen molar-refractivity contribution in [1.29, 1.82) is 0 Å². The number of aromatic nitrogens is 3. The Kier molecular flexibility index (Phi) is 4.87. The number of halogens is 2. The third-order valence-electron chi connectivity index (χ3n) is 3.31. The molecule has 2 aromatic heterocycles. The maximum atomic E-state index is 12.6.